The molecule has 0 aliphatic carbocycles. The number of hydrogen-bond donors (Lipinski definition) is 1. The number of pyridine rings is 1. The van der Waals surface area contributed by atoms with Crippen LogP contribution in [0.2, 0.25) is 0 Å². The second-order valence-corrected chi connectivity index (χ2v) is 3.89. The Morgan fingerprint density at radius 2 is 1.82 bits per heavy atom. The van der Waals surface area contributed by atoms with Gasteiger partial charge in [-0.1, -0.05) is 24.3 Å². The number of aromatic nitrogens is 3. The third-order valence-corrected chi connectivity index (χ3v) is 2.71. The van der Waals surface area contributed by atoms with Crippen molar-refractivity contribution in [1.29, 1.82) is 0 Å². The molecule has 1 N–H and O–H groups in total. The lowest BCUT2D eigenvalue weighted by molar-refractivity contribution is 1.10. The summed E-state index contributed by atoms with van der Waals surface area (Å²) in [5.74, 6) is 0.731. The molecule has 0 radical (unpaired) electrons. The van der Waals surface area contributed by atoms with Crippen molar-refractivity contribution in [3.05, 3.63) is 54.2 Å². The minimum Gasteiger partial charge on any atom is -0.324 e. The first kappa shape index (κ1) is 9.84. The second kappa shape index (κ2) is 3.90. The number of hydrogen-bond acceptors (Lipinski definition) is 3. The molecule has 2 heterocycles. The van der Waals surface area contributed by atoms with Gasteiger partial charge in [0, 0.05) is 11.9 Å². The lowest BCUT2D eigenvalue weighted by Crippen LogP contribution is -1.97. The van der Waals surface area contributed by atoms with E-state index in [1.807, 2.05) is 47.0 Å². The maximum Gasteiger partial charge on any atom is 0.233 e. The van der Waals surface area contributed by atoms with E-state index in [9.17, 15) is 0 Å². The van der Waals surface area contributed by atoms with Crippen molar-refractivity contribution in [2.75, 3.05) is 5.32 Å². The SMILES string of the molecule is Cc1ccccc1Nc1nnc2ccccn12. The number of para-hydroxylation sites is 1. The lowest BCUT2D eigenvalue weighted by atomic mass is 10.2. The number of benzene rings is 1. The molecule has 0 amide bonds. The molecule has 0 aliphatic heterocycles. The molecule has 1 aromatic carbocycles. The maximum absolute atomic E-state index is 4.13. The van der Waals surface area contributed by atoms with Crippen LogP contribution in [0.25, 0.3) is 5.65 Å². The van der Waals surface area contributed by atoms with E-state index in [1.54, 1.807) is 0 Å². The summed E-state index contributed by atoms with van der Waals surface area (Å²) < 4.78 is 1.92. The summed E-state index contributed by atoms with van der Waals surface area (Å²) >= 11 is 0. The number of rotatable bonds is 2. The van der Waals surface area contributed by atoms with Crippen LogP contribution in [0, 0.1) is 6.92 Å². The van der Waals surface area contributed by atoms with Gasteiger partial charge in [-0.25, -0.2) is 0 Å². The second-order valence-electron chi connectivity index (χ2n) is 3.89. The van der Waals surface area contributed by atoms with Crippen molar-refractivity contribution < 1.29 is 0 Å². The first-order chi connectivity index (χ1) is 8.34. The summed E-state index contributed by atoms with van der Waals surface area (Å²) in [6, 6.07) is 13.9. The zero-order valence-electron chi connectivity index (χ0n) is 9.46. The molecule has 0 bridgehead atoms. The van der Waals surface area contributed by atoms with Gasteiger partial charge in [-0.05, 0) is 30.7 Å². The highest BCUT2D eigenvalue weighted by Gasteiger charge is 2.05. The number of aryl methyl sites for hydroxylation is 1. The van der Waals surface area contributed by atoms with E-state index in [4.69, 9.17) is 0 Å². The standard InChI is InChI=1S/C13H12N4/c1-10-6-2-3-7-11(10)14-13-16-15-12-8-4-5-9-17(12)13/h2-9H,1H3,(H,14,16). The Hall–Kier alpha value is -2.36. The Morgan fingerprint density at radius 3 is 2.71 bits per heavy atom. The molecule has 0 spiro atoms. The number of nitrogens with one attached hydrogen (secondary N) is 1. The predicted octanol–water partition coefficient (Wildman–Crippen LogP) is 2.78. The summed E-state index contributed by atoms with van der Waals surface area (Å²) in [5, 5.41) is 11.5. The molecule has 0 unspecified atom stereocenters. The van der Waals surface area contributed by atoms with Crippen molar-refractivity contribution in [1.82, 2.24) is 14.6 Å². The Labute approximate surface area is 98.9 Å². The van der Waals surface area contributed by atoms with Gasteiger partial charge in [-0.3, -0.25) is 4.40 Å². The molecule has 0 atom stereocenters. The topological polar surface area (TPSA) is 42.2 Å². The van der Waals surface area contributed by atoms with Crippen LogP contribution >= 0.6 is 0 Å². The van der Waals surface area contributed by atoms with Gasteiger partial charge in [0.25, 0.3) is 0 Å². The molecule has 0 fully saturated rings. The van der Waals surface area contributed by atoms with Gasteiger partial charge >= 0.3 is 0 Å². The van der Waals surface area contributed by atoms with Gasteiger partial charge in [0.2, 0.25) is 5.95 Å². The van der Waals surface area contributed by atoms with Gasteiger partial charge in [0.1, 0.15) is 0 Å². The third-order valence-electron chi connectivity index (χ3n) is 2.71. The van der Waals surface area contributed by atoms with E-state index in [2.05, 4.69) is 28.5 Å². The lowest BCUT2D eigenvalue weighted by Gasteiger charge is -2.06. The average molecular weight is 224 g/mol. The van der Waals surface area contributed by atoms with Gasteiger partial charge in [-0.2, -0.15) is 0 Å². The van der Waals surface area contributed by atoms with Crippen molar-refractivity contribution in [2.24, 2.45) is 0 Å². The van der Waals surface area contributed by atoms with Gasteiger partial charge in [0.05, 0.1) is 0 Å². The Kier molecular flexibility index (Phi) is 2.26. The Bertz CT molecular complexity index is 657. The van der Waals surface area contributed by atoms with Crippen LogP contribution in [0.15, 0.2) is 48.7 Å². The van der Waals surface area contributed by atoms with Crippen LogP contribution in [-0.2, 0) is 0 Å². The highest BCUT2D eigenvalue weighted by molar-refractivity contribution is 5.60. The van der Waals surface area contributed by atoms with Crippen LogP contribution in [-0.4, -0.2) is 14.6 Å². The molecule has 0 aliphatic rings. The smallest absolute Gasteiger partial charge is 0.233 e. The van der Waals surface area contributed by atoms with E-state index in [0.29, 0.717) is 0 Å². The first-order valence-corrected chi connectivity index (χ1v) is 5.47. The van der Waals surface area contributed by atoms with Gasteiger partial charge in [0.15, 0.2) is 5.65 Å². The minimum absolute atomic E-state index is 0.731. The molecule has 3 aromatic rings. The van der Waals surface area contributed by atoms with E-state index >= 15 is 0 Å². The third kappa shape index (κ3) is 1.73. The molecule has 17 heavy (non-hydrogen) atoms. The summed E-state index contributed by atoms with van der Waals surface area (Å²) in [5.41, 5.74) is 3.06. The summed E-state index contributed by atoms with van der Waals surface area (Å²) in [7, 11) is 0. The van der Waals surface area contributed by atoms with Gasteiger partial charge < -0.3 is 5.32 Å². The zero-order valence-corrected chi connectivity index (χ0v) is 9.46. The summed E-state index contributed by atoms with van der Waals surface area (Å²) in [6.07, 6.45) is 1.94. The normalized spacial score (nSPS) is 10.6. The quantitative estimate of drug-likeness (QED) is 0.727. The molecule has 0 saturated heterocycles. The number of nitrogens with zero attached hydrogens (tertiary/aromatic N) is 3. The summed E-state index contributed by atoms with van der Waals surface area (Å²) in [6.45, 7) is 2.06. The largest absolute Gasteiger partial charge is 0.324 e. The van der Waals surface area contributed by atoms with Crippen LogP contribution in [0.3, 0.4) is 0 Å². The molecule has 0 saturated carbocycles. The predicted molar refractivity (Wildman–Crippen MR) is 67.4 cm³/mol. The van der Waals surface area contributed by atoms with Crippen molar-refractivity contribution in [3.8, 4) is 0 Å². The molecular formula is C13H12N4. The number of fused-ring (bicyclic) bond motifs is 1. The van der Waals surface area contributed by atoms with Crippen molar-refractivity contribution in [2.45, 2.75) is 6.92 Å². The van der Waals surface area contributed by atoms with Crippen molar-refractivity contribution >= 4 is 17.3 Å². The zero-order chi connectivity index (χ0) is 11.7. The van der Waals surface area contributed by atoms with Crippen LogP contribution < -0.4 is 5.32 Å². The van der Waals surface area contributed by atoms with E-state index < -0.39 is 0 Å². The highest BCUT2D eigenvalue weighted by Crippen LogP contribution is 2.18. The van der Waals surface area contributed by atoms with E-state index in [1.165, 1.54) is 5.56 Å². The fourth-order valence-electron chi connectivity index (χ4n) is 1.76. The number of anilines is 2. The fraction of sp³-hybridized carbons (Fsp3) is 0.0769. The van der Waals surface area contributed by atoms with E-state index in [0.717, 1.165) is 17.3 Å². The maximum atomic E-state index is 4.13. The van der Waals surface area contributed by atoms with Crippen molar-refractivity contribution in [3.63, 3.8) is 0 Å². The van der Waals surface area contributed by atoms with Crippen LogP contribution in [0.1, 0.15) is 5.56 Å². The van der Waals surface area contributed by atoms with Gasteiger partial charge in [-0.15, -0.1) is 10.2 Å². The monoisotopic (exact) mass is 224 g/mol. The molecule has 84 valence electrons. The molecule has 3 rings (SSSR count). The molecule has 2 aromatic heterocycles. The highest BCUT2D eigenvalue weighted by atomic mass is 15.3. The molecule has 4 nitrogen and oxygen atoms in total. The minimum atomic E-state index is 0.731. The average Bonchev–Trinajstić information content (AvgIpc) is 2.76. The van der Waals surface area contributed by atoms with E-state index in [-0.39, 0.29) is 0 Å². The molecule has 4 heteroatoms. The van der Waals surface area contributed by atoms with Crippen LogP contribution in [0.4, 0.5) is 11.6 Å². The summed E-state index contributed by atoms with van der Waals surface area (Å²) in [4.78, 5) is 0. The molecular weight excluding hydrogens is 212 g/mol. The Morgan fingerprint density at radius 1 is 1.00 bits per heavy atom. The Balaban J connectivity index is 2.03. The fourth-order valence-corrected chi connectivity index (χ4v) is 1.76. The first-order valence-electron chi connectivity index (χ1n) is 5.47. The van der Waals surface area contributed by atoms with Crippen LogP contribution in [0.5, 0.6) is 0 Å².